The second-order valence-electron chi connectivity index (χ2n) is 9.05. The van der Waals surface area contributed by atoms with Crippen molar-refractivity contribution in [3.63, 3.8) is 0 Å². The van der Waals surface area contributed by atoms with Crippen LogP contribution < -0.4 is 4.74 Å². The van der Waals surface area contributed by atoms with Crippen molar-refractivity contribution in [3.05, 3.63) is 59.2 Å². The third-order valence-electron chi connectivity index (χ3n) is 6.68. The first kappa shape index (κ1) is 20.7. The average Bonchev–Trinajstić information content (AvgIpc) is 3.23. The van der Waals surface area contributed by atoms with Gasteiger partial charge in [-0.05, 0) is 70.1 Å². The zero-order valence-electron chi connectivity index (χ0n) is 18.7. The van der Waals surface area contributed by atoms with Gasteiger partial charge in [-0.3, -0.25) is 4.79 Å². The number of carbonyl (C=O) groups excluding carboxylic acids is 1. The highest BCUT2D eigenvalue weighted by Gasteiger charge is 2.43. The lowest BCUT2D eigenvalue weighted by Gasteiger charge is -2.49. The molecule has 6 rings (SSSR count). The second-order valence-corrected chi connectivity index (χ2v) is 9.05. The van der Waals surface area contributed by atoms with Crippen molar-refractivity contribution in [2.45, 2.75) is 46.1 Å². The molecule has 166 valence electrons. The molecule has 3 atom stereocenters. The first-order valence-electron chi connectivity index (χ1n) is 11.3. The molecule has 3 fully saturated rings. The smallest absolute Gasteiger partial charge is 0.273 e. The molecule has 1 amide bonds. The fourth-order valence-corrected chi connectivity index (χ4v) is 5.02. The van der Waals surface area contributed by atoms with Crippen LogP contribution in [-0.4, -0.2) is 45.1 Å². The molecule has 2 saturated heterocycles. The molecule has 0 radical (unpaired) electrons. The molecule has 0 spiro atoms. The van der Waals surface area contributed by atoms with Gasteiger partial charge < -0.3 is 14.2 Å². The number of ether oxygens (including phenoxy) is 1. The van der Waals surface area contributed by atoms with Gasteiger partial charge in [0.25, 0.3) is 5.91 Å². The van der Waals surface area contributed by atoms with Gasteiger partial charge in [-0.2, -0.15) is 0 Å². The van der Waals surface area contributed by atoms with Crippen LogP contribution in [0.25, 0.3) is 11.3 Å². The van der Waals surface area contributed by atoms with Crippen molar-refractivity contribution in [1.29, 1.82) is 0 Å². The quantitative estimate of drug-likeness (QED) is 0.595. The topological polar surface area (TPSA) is 81.4 Å². The first-order valence-corrected chi connectivity index (χ1v) is 11.3. The number of hydrogen-bond acceptors (Lipinski definition) is 6. The fourth-order valence-electron chi connectivity index (χ4n) is 5.02. The monoisotopic (exact) mass is 432 g/mol. The van der Waals surface area contributed by atoms with E-state index in [-0.39, 0.29) is 11.9 Å². The Hall–Kier alpha value is -3.22. The Morgan fingerprint density at radius 1 is 1.09 bits per heavy atom. The maximum absolute atomic E-state index is 13.6. The largest absolute Gasteiger partial charge is 0.477 e. The van der Waals surface area contributed by atoms with Crippen LogP contribution in [0.15, 0.2) is 40.9 Å². The van der Waals surface area contributed by atoms with Gasteiger partial charge in [-0.1, -0.05) is 11.2 Å². The predicted octanol–water partition coefficient (Wildman–Crippen LogP) is 4.38. The Kier molecular flexibility index (Phi) is 5.41. The summed E-state index contributed by atoms with van der Waals surface area (Å²) in [5, 5.41) is 3.98. The van der Waals surface area contributed by atoms with Gasteiger partial charge >= 0.3 is 0 Å². The molecule has 2 bridgehead atoms. The van der Waals surface area contributed by atoms with Gasteiger partial charge in [0.15, 0.2) is 5.76 Å². The minimum atomic E-state index is -0.0211. The zero-order valence-corrected chi connectivity index (χ0v) is 18.7. The van der Waals surface area contributed by atoms with Crippen LogP contribution in [0.5, 0.6) is 5.88 Å². The van der Waals surface area contributed by atoms with E-state index in [1.165, 1.54) is 0 Å². The third-order valence-corrected chi connectivity index (χ3v) is 6.68. The molecular weight excluding hydrogens is 404 g/mol. The molecule has 3 aromatic rings. The van der Waals surface area contributed by atoms with Crippen molar-refractivity contribution in [2.75, 3.05) is 13.2 Å². The van der Waals surface area contributed by atoms with Gasteiger partial charge in [0.05, 0.1) is 17.9 Å². The Morgan fingerprint density at radius 2 is 1.94 bits per heavy atom. The van der Waals surface area contributed by atoms with E-state index in [2.05, 4.69) is 15.1 Å². The van der Waals surface area contributed by atoms with Crippen molar-refractivity contribution in [3.8, 4) is 17.2 Å². The SMILES string of the molecule is Cc1cc(-c2ccc(C)nc2C(=O)N2CC3CCC2CC3COc2cccc(C)n2)on1. The van der Waals surface area contributed by atoms with Crippen LogP contribution >= 0.6 is 0 Å². The normalized spacial score (nSPS) is 22.2. The maximum Gasteiger partial charge on any atom is 0.273 e. The Bertz CT molecular complexity index is 1140. The van der Waals surface area contributed by atoms with E-state index in [0.29, 0.717) is 41.3 Å². The fraction of sp³-hybridized carbons (Fsp3) is 0.440. The van der Waals surface area contributed by atoms with Crippen LogP contribution in [0.4, 0.5) is 0 Å². The van der Waals surface area contributed by atoms with Crippen LogP contribution in [0.1, 0.15) is 46.8 Å². The van der Waals surface area contributed by atoms with Crippen LogP contribution in [0.3, 0.4) is 0 Å². The van der Waals surface area contributed by atoms with Crippen molar-refractivity contribution >= 4 is 5.91 Å². The number of aryl methyl sites for hydroxylation is 3. The highest BCUT2D eigenvalue weighted by atomic mass is 16.5. The number of carbonyl (C=O) groups is 1. The summed E-state index contributed by atoms with van der Waals surface area (Å²) in [7, 11) is 0. The van der Waals surface area contributed by atoms with Crippen molar-refractivity contribution < 1.29 is 14.1 Å². The summed E-state index contributed by atoms with van der Waals surface area (Å²) in [6.07, 6.45) is 3.10. The minimum absolute atomic E-state index is 0.0211. The summed E-state index contributed by atoms with van der Waals surface area (Å²) in [5.74, 6) is 2.09. The average molecular weight is 433 g/mol. The highest BCUT2D eigenvalue weighted by Crippen LogP contribution is 2.40. The van der Waals surface area contributed by atoms with Gasteiger partial charge in [0.2, 0.25) is 5.88 Å². The van der Waals surface area contributed by atoms with E-state index in [9.17, 15) is 4.79 Å². The number of fused-ring (bicyclic) bond motifs is 3. The lowest BCUT2D eigenvalue weighted by Crippen LogP contribution is -2.55. The summed E-state index contributed by atoms with van der Waals surface area (Å²) >= 11 is 0. The van der Waals surface area contributed by atoms with Crippen molar-refractivity contribution in [2.24, 2.45) is 11.8 Å². The molecule has 0 aromatic carbocycles. The van der Waals surface area contributed by atoms with E-state index < -0.39 is 0 Å². The van der Waals surface area contributed by atoms with Crippen molar-refractivity contribution in [1.82, 2.24) is 20.0 Å². The molecule has 7 nitrogen and oxygen atoms in total. The Morgan fingerprint density at radius 3 is 2.66 bits per heavy atom. The molecule has 2 aliphatic heterocycles. The van der Waals surface area contributed by atoms with Gasteiger partial charge in [-0.15, -0.1) is 0 Å². The Labute approximate surface area is 187 Å². The van der Waals surface area contributed by atoms with Gasteiger partial charge in [0.1, 0.15) is 5.69 Å². The van der Waals surface area contributed by atoms with Crippen LogP contribution in [0.2, 0.25) is 0 Å². The molecule has 0 N–H and O–H groups in total. The molecule has 32 heavy (non-hydrogen) atoms. The Balaban J connectivity index is 1.32. The molecule has 1 saturated carbocycles. The van der Waals surface area contributed by atoms with E-state index in [1.54, 1.807) is 0 Å². The van der Waals surface area contributed by atoms with Gasteiger partial charge in [0, 0.05) is 36.1 Å². The zero-order chi connectivity index (χ0) is 22.2. The highest BCUT2D eigenvalue weighted by molar-refractivity contribution is 5.98. The number of rotatable bonds is 5. The number of nitrogens with zero attached hydrogens (tertiary/aromatic N) is 4. The molecular formula is C25H28N4O3. The molecule has 3 aliphatic rings. The standard InChI is InChI=1S/C25H28N4O3/c1-15-5-4-6-23(26-15)31-14-19-12-20-9-8-18(19)13-29(20)25(30)24-21(10-7-16(2)27-24)22-11-17(3)28-32-22/h4-7,10-11,18-20H,8-9,12-14H2,1-3H3. The summed E-state index contributed by atoms with van der Waals surface area (Å²) < 4.78 is 11.5. The lowest BCUT2D eigenvalue weighted by molar-refractivity contribution is -0.00505. The molecule has 3 aromatic heterocycles. The van der Waals surface area contributed by atoms with E-state index in [0.717, 1.165) is 42.9 Å². The molecule has 1 aliphatic carbocycles. The lowest BCUT2D eigenvalue weighted by atomic mass is 9.72. The predicted molar refractivity (Wildman–Crippen MR) is 119 cm³/mol. The molecule has 5 heterocycles. The first-order chi connectivity index (χ1) is 15.5. The van der Waals surface area contributed by atoms with Crippen LogP contribution in [-0.2, 0) is 0 Å². The molecule has 7 heteroatoms. The third kappa shape index (κ3) is 3.99. The maximum atomic E-state index is 13.6. The minimum Gasteiger partial charge on any atom is -0.477 e. The summed E-state index contributed by atoms with van der Waals surface area (Å²) in [6, 6.07) is 11.7. The second kappa shape index (κ2) is 8.37. The summed E-state index contributed by atoms with van der Waals surface area (Å²) in [5.41, 5.74) is 3.70. The van der Waals surface area contributed by atoms with E-state index >= 15 is 0 Å². The number of hydrogen-bond donors (Lipinski definition) is 0. The van der Waals surface area contributed by atoms with E-state index in [1.807, 2.05) is 62.1 Å². The number of aromatic nitrogens is 3. The van der Waals surface area contributed by atoms with Gasteiger partial charge in [-0.25, -0.2) is 9.97 Å². The summed E-state index contributed by atoms with van der Waals surface area (Å²) in [4.78, 5) is 24.7. The molecule has 3 unspecified atom stereocenters. The summed E-state index contributed by atoms with van der Waals surface area (Å²) in [6.45, 7) is 7.12. The van der Waals surface area contributed by atoms with Crippen LogP contribution in [0, 0.1) is 32.6 Å². The number of piperidine rings is 2. The number of amides is 1. The van der Waals surface area contributed by atoms with E-state index in [4.69, 9.17) is 9.26 Å². The number of pyridine rings is 2.